The van der Waals surface area contributed by atoms with Crippen molar-refractivity contribution in [3.05, 3.63) is 0 Å². The summed E-state index contributed by atoms with van der Waals surface area (Å²) < 4.78 is 9.09. The van der Waals surface area contributed by atoms with Gasteiger partial charge in [0.15, 0.2) is 0 Å². The second-order valence-electron chi connectivity index (χ2n) is 1.94. The SMILES string of the molecule is N#CC1CCC1.O=S(Cl)Cl. The fourth-order valence-electron chi connectivity index (χ4n) is 0.537. The van der Waals surface area contributed by atoms with E-state index in [2.05, 4.69) is 27.4 Å². The molecule has 0 spiro atoms. The summed E-state index contributed by atoms with van der Waals surface area (Å²) in [6.45, 7) is 0. The van der Waals surface area contributed by atoms with Gasteiger partial charge in [0.25, 0.3) is 0 Å². The number of rotatable bonds is 0. The van der Waals surface area contributed by atoms with Gasteiger partial charge < -0.3 is 0 Å². The van der Waals surface area contributed by atoms with E-state index in [1.807, 2.05) is 0 Å². The van der Waals surface area contributed by atoms with Crippen molar-refractivity contribution in [2.45, 2.75) is 19.3 Å². The van der Waals surface area contributed by atoms with Crippen molar-refractivity contribution in [2.75, 3.05) is 0 Å². The van der Waals surface area contributed by atoms with Crippen molar-refractivity contribution in [3.63, 3.8) is 0 Å². The Balaban J connectivity index is 0.000000180. The van der Waals surface area contributed by atoms with E-state index in [-0.39, 0.29) is 0 Å². The lowest BCUT2D eigenvalue weighted by Gasteiger charge is -2.15. The van der Waals surface area contributed by atoms with Crippen molar-refractivity contribution in [1.29, 1.82) is 5.26 Å². The number of halogens is 2. The molecule has 0 bridgehead atoms. The third-order valence-electron chi connectivity index (χ3n) is 1.29. The largest absolute Gasteiger partial charge is 0.225 e. The molecule has 1 rings (SSSR count). The van der Waals surface area contributed by atoms with Gasteiger partial charge in [-0.2, -0.15) is 5.26 Å². The van der Waals surface area contributed by atoms with Crippen molar-refractivity contribution in [3.8, 4) is 6.07 Å². The molecule has 10 heavy (non-hydrogen) atoms. The Morgan fingerprint density at radius 3 is 1.90 bits per heavy atom. The van der Waals surface area contributed by atoms with Gasteiger partial charge in [-0.3, -0.25) is 0 Å². The highest BCUT2D eigenvalue weighted by Crippen LogP contribution is 2.24. The fourth-order valence-corrected chi connectivity index (χ4v) is 0.537. The number of nitriles is 1. The Hall–Kier alpha value is 0.220. The summed E-state index contributed by atoms with van der Waals surface area (Å²) in [7, 11) is 7.36. The Morgan fingerprint density at radius 1 is 1.50 bits per heavy atom. The second-order valence-corrected chi connectivity index (χ2v) is 4.47. The maximum absolute atomic E-state index is 9.09. The van der Waals surface area contributed by atoms with Crippen molar-refractivity contribution in [2.24, 2.45) is 5.92 Å². The van der Waals surface area contributed by atoms with Crippen molar-refractivity contribution >= 4 is 30.6 Å². The Labute approximate surface area is 71.6 Å². The fraction of sp³-hybridized carbons (Fsp3) is 0.800. The molecule has 0 heterocycles. The average molecular weight is 200 g/mol. The first-order valence-corrected chi connectivity index (χ1v) is 5.61. The lowest BCUT2D eigenvalue weighted by molar-refractivity contribution is 0.397. The van der Waals surface area contributed by atoms with E-state index in [0.29, 0.717) is 5.92 Å². The molecule has 0 atom stereocenters. The van der Waals surface area contributed by atoms with Gasteiger partial charge in [0, 0.05) is 27.3 Å². The zero-order chi connectivity index (χ0) is 7.98. The predicted octanol–water partition coefficient (Wildman–Crippen LogP) is 2.35. The summed E-state index contributed by atoms with van der Waals surface area (Å²) in [5.41, 5.74) is 0. The van der Waals surface area contributed by atoms with E-state index in [1.54, 1.807) is 0 Å². The monoisotopic (exact) mass is 199 g/mol. The number of hydrogen-bond acceptors (Lipinski definition) is 2. The van der Waals surface area contributed by atoms with Gasteiger partial charge >= 0.3 is 0 Å². The minimum absolute atomic E-state index is 0.421. The number of nitrogens with zero attached hydrogens (tertiary/aromatic N) is 1. The van der Waals surface area contributed by atoms with Crippen molar-refractivity contribution in [1.82, 2.24) is 0 Å². The van der Waals surface area contributed by atoms with Crippen LogP contribution in [0.5, 0.6) is 0 Å². The highest BCUT2D eigenvalue weighted by Gasteiger charge is 2.14. The zero-order valence-corrected chi connectivity index (χ0v) is 7.55. The number of hydrogen-bond donors (Lipinski definition) is 0. The van der Waals surface area contributed by atoms with Crippen LogP contribution < -0.4 is 0 Å². The molecular weight excluding hydrogens is 193 g/mol. The normalized spacial score (nSPS) is 16.6. The van der Waals surface area contributed by atoms with Crippen molar-refractivity contribution < 1.29 is 4.21 Å². The molecule has 0 amide bonds. The van der Waals surface area contributed by atoms with E-state index < -0.39 is 9.23 Å². The third-order valence-corrected chi connectivity index (χ3v) is 1.29. The Bertz CT molecular complexity index is 148. The molecule has 0 saturated heterocycles. The highest BCUT2D eigenvalue weighted by molar-refractivity contribution is 8.26. The summed E-state index contributed by atoms with van der Waals surface area (Å²) in [5, 5.41) is 8.14. The topological polar surface area (TPSA) is 40.9 Å². The maximum atomic E-state index is 9.09. The van der Waals surface area contributed by atoms with Gasteiger partial charge in [0.2, 0.25) is 9.23 Å². The molecule has 1 fully saturated rings. The van der Waals surface area contributed by atoms with Gasteiger partial charge in [0.05, 0.1) is 6.07 Å². The van der Waals surface area contributed by atoms with Crippen LogP contribution in [0, 0.1) is 17.2 Å². The van der Waals surface area contributed by atoms with Crippen LogP contribution in [0.2, 0.25) is 0 Å². The van der Waals surface area contributed by atoms with Crippen LogP contribution in [0.15, 0.2) is 0 Å². The van der Waals surface area contributed by atoms with Gasteiger partial charge in [-0.15, -0.1) is 0 Å². The lowest BCUT2D eigenvalue weighted by atomic mass is 9.87. The quantitative estimate of drug-likeness (QED) is 0.563. The van der Waals surface area contributed by atoms with E-state index >= 15 is 0 Å². The first-order chi connectivity index (χ1) is 4.66. The van der Waals surface area contributed by atoms with Gasteiger partial charge in [0.1, 0.15) is 0 Å². The van der Waals surface area contributed by atoms with Crippen LogP contribution in [0.1, 0.15) is 19.3 Å². The van der Waals surface area contributed by atoms with Gasteiger partial charge in [-0.1, -0.05) is 6.42 Å². The third kappa shape index (κ3) is 6.34. The predicted molar refractivity (Wildman–Crippen MR) is 42.8 cm³/mol. The minimum atomic E-state index is -1.67. The molecule has 1 aliphatic rings. The van der Waals surface area contributed by atoms with E-state index in [4.69, 9.17) is 9.47 Å². The van der Waals surface area contributed by atoms with Crippen LogP contribution in [0.4, 0.5) is 0 Å². The molecule has 5 heteroatoms. The summed E-state index contributed by atoms with van der Waals surface area (Å²) in [5.74, 6) is 0.421. The van der Waals surface area contributed by atoms with E-state index in [0.717, 1.165) is 12.8 Å². The molecule has 0 aliphatic heterocycles. The van der Waals surface area contributed by atoms with Gasteiger partial charge in [-0.25, -0.2) is 4.21 Å². The average Bonchev–Trinajstić information content (AvgIpc) is 1.59. The maximum Gasteiger partial charge on any atom is 0.211 e. The summed E-state index contributed by atoms with van der Waals surface area (Å²) in [4.78, 5) is 0. The van der Waals surface area contributed by atoms with E-state index in [9.17, 15) is 0 Å². The molecule has 0 unspecified atom stereocenters. The smallest absolute Gasteiger partial charge is 0.211 e. The minimum Gasteiger partial charge on any atom is -0.225 e. The summed E-state index contributed by atoms with van der Waals surface area (Å²) in [6, 6.07) is 2.20. The lowest BCUT2D eigenvalue weighted by Crippen LogP contribution is -2.06. The molecule has 0 N–H and O–H groups in total. The molecule has 1 aliphatic carbocycles. The molecule has 0 radical (unpaired) electrons. The van der Waals surface area contributed by atoms with Crippen LogP contribution in [0.25, 0.3) is 0 Å². The summed E-state index contributed by atoms with van der Waals surface area (Å²) >= 11 is 0. The Kier molecular flexibility index (Phi) is 6.10. The van der Waals surface area contributed by atoms with Crippen LogP contribution >= 0.6 is 21.4 Å². The van der Waals surface area contributed by atoms with Gasteiger partial charge in [-0.05, 0) is 12.8 Å². The second kappa shape index (κ2) is 5.96. The van der Waals surface area contributed by atoms with E-state index in [1.165, 1.54) is 6.42 Å². The van der Waals surface area contributed by atoms with Crippen LogP contribution in [-0.4, -0.2) is 4.21 Å². The first-order valence-electron chi connectivity index (χ1n) is 2.80. The first kappa shape index (κ1) is 10.2. The van der Waals surface area contributed by atoms with Crippen LogP contribution in [0.3, 0.4) is 0 Å². The standard InChI is InChI=1S/C5H7N.Cl2OS/c6-4-5-2-1-3-5;1-4(2)3/h5H,1-3H2;. The highest BCUT2D eigenvalue weighted by atomic mass is 36.0. The molecule has 58 valence electrons. The summed E-state index contributed by atoms with van der Waals surface area (Å²) in [6.07, 6.45) is 3.57. The molecule has 1 saturated carbocycles. The molecule has 0 aromatic rings. The van der Waals surface area contributed by atoms with Crippen LogP contribution in [-0.2, 0) is 9.23 Å². The zero-order valence-electron chi connectivity index (χ0n) is 5.22. The molecular formula is C5H7Cl2NOS. The Morgan fingerprint density at radius 2 is 1.90 bits per heavy atom. The molecule has 2 nitrogen and oxygen atoms in total. The molecule has 0 aromatic heterocycles. The molecule has 0 aromatic carbocycles.